The van der Waals surface area contributed by atoms with Gasteiger partial charge in [-0.1, -0.05) is 232 Å². The third-order valence-electron chi connectivity index (χ3n) is 16.7. The Bertz CT molecular complexity index is 3120. The Balaban J connectivity index is 0.000000379. The molecule has 87 heavy (non-hydrogen) atoms. The van der Waals surface area contributed by atoms with Gasteiger partial charge in [-0.2, -0.15) is 0 Å². The first kappa shape index (κ1) is 65.0. The van der Waals surface area contributed by atoms with Crippen LogP contribution in [-0.2, 0) is 32.6 Å². The summed E-state index contributed by atoms with van der Waals surface area (Å²) in [6, 6.07) is 71.9. The molecule has 0 aliphatic carbocycles. The molecule has 0 radical (unpaired) electrons. The Hall–Kier alpha value is -6.43. The van der Waals surface area contributed by atoms with Crippen LogP contribution in [0.1, 0.15) is 84.7 Å². The highest BCUT2D eigenvalue weighted by atomic mass is 31.2. The van der Waals surface area contributed by atoms with Gasteiger partial charge < -0.3 is 32.6 Å². The quantitative estimate of drug-likeness (QED) is 0.0889. The third-order valence-corrected chi connectivity index (χ3v) is 25.8. The monoisotopic (exact) mass is 1210 g/mol. The molecule has 11 heteroatoms. The van der Waals surface area contributed by atoms with Gasteiger partial charge in [-0.25, -0.2) is 0 Å². The van der Waals surface area contributed by atoms with Gasteiger partial charge in [0.2, 0.25) is 6.71 Å². The van der Waals surface area contributed by atoms with Gasteiger partial charge in [0.05, 0.1) is 0 Å². The molecule has 13 rings (SSSR count). The Labute approximate surface area is 519 Å². The van der Waals surface area contributed by atoms with Gasteiger partial charge in [-0.15, -0.1) is 0 Å². The summed E-state index contributed by atoms with van der Waals surface area (Å²) in [5, 5.41) is 7.09. The largest absolute Gasteiger partial charge is 0.381 e. The molecular formula is C76H86BO7P3. The molecule has 0 saturated carbocycles. The minimum absolute atomic E-state index is 0.286. The lowest BCUT2D eigenvalue weighted by atomic mass is 9.33. The molecule has 450 valence electrons. The van der Waals surface area contributed by atoms with Gasteiger partial charge in [0.1, 0.15) is 0 Å². The zero-order valence-electron chi connectivity index (χ0n) is 51.9. The number of ether oxygens (including phenoxy) is 4. The van der Waals surface area contributed by atoms with Crippen LogP contribution in [-0.4, -0.2) is 59.6 Å². The van der Waals surface area contributed by atoms with Gasteiger partial charge in [0, 0.05) is 101 Å². The average molecular weight is 1220 g/mol. The molecule has 4 aliphatic rings. The van der Waals surface area contributed by atoms with Gasteiger partial charge in [0.15, 0.2) is 21.4 Å². The maximum Gasteiger partial charge on any atom is 0.243 e. The number of aryl methyl sites for hydroxylation is 6. The summed E-state index contributed by atoms with van der Waals surface area (Å²) in [5.74, 6) is 0. The van der Waals surface area contributed by atoms with Crippen molar-refractivity contribution in [3.63, 3.8) is 0 Å². The van der Waals surface area contributed by atoms with Crippen molar-refractivity contribution in [2.75, 3.05) is 52.9 Å². The molecule has 9 aromatic rings. The third kappa shape index (κ3) is 15.5. The zero-order chi connectivity index (χ0) is 61.1. The van der Waals surface area contributed by atoms with Crippen LogP contribution >= 0.6 is 21.4 Å². The molecule has 4 aliphatic heterocycles. The summed E-state index contributed by atoms with van der Waals surface area (Å²) >= 11 is 0. The Morgan fingerprint density at radius 1 is 0.241 bits per heavy atom. The summed E-state index contributed by atoms with van der Waals surface area (Å²) < 4.78 is 67.3. The van der Waals surface area contributed by atoms with E-state index in [9.17, 15) is 0 Å². The van der Waals surface area contributed by atoms with Crippen LogP contribution in [0.25, 0.3) is 0 Å². The van der Waals surface area contributed by atoms with E-state index >= 15 is 13.7 Å². The second-order valence-corrected chi connectivity index (χ2v) is 31.3. The van der Waals surface area contributed by atoms with Crippen molar-refractivity contribution < 1.29 is 32.6 Å². The van der Waals surface area contributed by atoms with Crippen LogP contribution < -0.4 is 64.1 Å². The van der Waals surface area contributed by atoms with Crippen LogP contribution in [0.15, 0.2) is 218 Å². The molecule has 0 amide bonds. The van der Waals surface area contributed by atoms with Crippen molar-refractivity contribution in [1.29, 1.82) is 0 Å². The van der Waals surface area contributed by atoms with Gasteiger partial charge in [0.25, 0.3) is 0 Å². The lowest BCUT2D eigenvalue weighted by Gasteiger charge is -2.30. The Morgan fingerprint density at radius 3 is 0.517 bits per heavy atom. The minimum atomic E-state index is -3.29. The van der Waals surface area contributed by atoms with Gasteiger partial charge in [-0.3, -0.25) is 0 Å². The van der Waals surface area contributed by atoms with E-state index in [1.54, 1.807) is 0 Å². The number of rotatable bonds is 12. The van der Waals surface area contributed by atoms with E-state index in [0.717, 1.165) is 150 Å². The number of benzene rings is 9. The fraction of sp³-hybridized carbons (Fsp3) is 0.289. The summed E-state index contributed by atoms with van der Waals surface area (Å²) in [7, 11) is -9.88. The predicted octanol–water partition coefficient (Wildman–Crippen LogP) is 12.2. The van der Waals surface area contributed by atoms with E-state index in [1.807, 2.05) is 182 Å². The Kier molecular flexibility index (Phi) is 23.7. The molecule has 0 N–H and O–H groups in total. The van der Waals surface area contributed by atoms with E-state index in [4.69, 9.17) is 18.9 Å². The molecule has 7 nitrogen and oxygen atoms in total. The highest BCUT2D eigenvalue weighted by Gasteiger charge is 2.38. The maximum absolute atomic E-state index is 15.8. The van der Waals surface area contributed by atoms with E-state index in [0.29, 0.717) is 0 Å². The lowest BCUT2D eigenvalue weighted by molar-refractivity contribution is 0.198. The standard InChI is InChI=1S/C60H54BO3P3.4C4H8O/c1-43-37-55(65(62,49-25-13-7-14-26-49)50-27-15-8-16-28-50)38-44(2)58(43)61(59-45(3)39-56(40-46(59)4)66(63,51-29-17-9-18-30-51)52-31-19-10-20-32-52)60-47(5)41-57(42-48(60)6)67(64,53-33-21-11-22-34-53)54-35-23-12-24-36-54;4*1-2-4-5-3-1/h7-42H,1-6H3;4*1-4H2. The second-order valence-electron chi connectivity index (χ2n) is 23.0. The minimum Gasteiger partial charge on any atom is -0.381 e. The molecule has 4 saturated heterocycles. The van der Waals surface area contributed by atoms with E-state index in [2.05, 4.69) is 77.9 Å². The summed E-state index contributed by atoms with van der Waals surface area (Å²) in [5.41, 5.74) is 9.52. The van der Waals surface area contributed by atoms with E-state index in [1.165, 1.54) is 51.4 Å². The van der Waals surface area contributed by atoms with Crippen LogP contribution in [0.2, 0.25) is 0 Å². The first-order valence-electron chi connectivity index (χ1n) is 31.2. The number of hydrogen-bond acceptors (Lipinski definition) is 7. The first-order chi connectivity index (χ1) is 42.4. The van der Waals surface area contributed by atoms with Crippen LogP contribution in [0.5, 0.6) is 0 Å². The molecule has 0 spiro atoms. The van der Waals surface area contributed by atoms with Crippen LogP contribution in [0, 0.1) is 41.5 Å². The topological polar surface area (TPSA) is 88.1 Å². The zero-order valence-corrected chi connectivity index (χ0v) is 54.6. The predicted molar refractivity (Wildman–Crippen MR) is 371 cm³/mol. The van der Waals surface area contributed by atoms with Crippen LogP contribution in [0.4, 0.5) is 0 Å². The fourth-order valence-corrected chi connectivity index (χ4v) is 20.9. The SMILES string of the molecule is C1CCOC1.C1CCOC1.C1CCOC1.C1CCOC1.Cc1cc(P(=O)(c2ccccc2)c2ccccc2)cc(C)c1B(c1c(C)cc(P(=O)(c2ccccc2)c2ccccc2)cc1C)c1c(C)cc(P(=O)(c2ccccc2)c2ccccc2)cc1C. The summed E-state index contributed by atoms with van der Waals surface area (Å²) in [6.45, 7) is 20.6. The van der Waals surface area contributed by atoms with Crippen molar-refractivity contribution in [3.8, 4) is 0 Å². The number of hydrogen-bond donors (Lipinski definition) is 0. The molecule has 0 bridgehead atoms. The van der Waals surface area contributed by atoms with Gasteiger partial charge >= 0.3 is 0 Å². The smallest absolute Gasteiger partial charge is 0.243 e. The highest BCUT2D eigenvalue weighted by Crippen LogP contribution is 2.45. The molecule has 0 atom stereocenters. The van der Waals surface area contributed by atoms with Crippen molar-refractivity contribution in [2.45, 2.75) is 92.9 Å². The normalized spacial score (nSPS) is 14.7. The van der Waals surface area contributed by atoms with Crippen LogP contribution in [0.3, 0.4) is 0 Å². The molecular weight excluding hydrogens is 1130 g/mol. The molecule has 9 aromatic carbocycles. The molecule has 4 heterocycles. The van der Waals surface area contributed by atoms with E-state index < -0.39 is 21.4 Å². The summed E-state index contributed by atoms with van der Waals surface area (Å²) in [6.07, 6.45) is 10.2. The van der Waals surface area contributed by atoms with E-state index in [-0.39, 0.29) is 6.71 Å². The lowest BCUT2D eigenvalue weighted by Crippen LogP contribution is -2.58. The van der Waals surface area contributed by atoms with Crippen molar-refractivity contribution in [2.24, 2.45) is 0 Å². The highest BCUT2D eigenvalue weighted by molar-refractivity contribution is 7.86. The van der Waals surface area contributed by atoms with Crippen molar-refractivity contribution >= 4 is 92.3 Å². The fourth-order valence-electron chi connectivity index (χ4n) is 12.4. The maximum atomic E-state index is 15.8. The van der Waals surface area contributed by atoms with Gasteiger partial charge in [-0.05, 0) is 129 Å². The van der Waals surface area contributed by atoms with Crippen molar-refractivity contribution in [1.82, 2.24) is 0 Å². The second kappa shape index (κ2) is 31.7. The molecule has 4 fully saturated rings. The summed E-state index contributed by atoms with van der Waals surface area (Å²) in [4.78, 5) is 0. The molecule has 0 aromatic heterocycles. The Morgan fingerprint density at radius 2 is 0.391 bits per heavy atom. The first-order valence-corrected chi connectivity index (χ1v) is 36.3. The van der Waals surface area contributed by atoms with Crippen molar-refractivity contribution in [3.05, 3.63) is 252 Å². The average Bonchev–Trinajstić information content (AvgIpc) is 1.37. The molecule has 0 unspecified atom stereocenters.